The van der Waals surface area contributed by atoms with Crippen LogP contribution in [0.3, 0.4) is 0 Å². The number of rotatable bonds is 2. The second kappa shape index (κ2) is 11.1. The molecule has 2 aromatic carbocycles. The average Bonchev–Trinajstić information content (AvgIpc) is 3.18. The molecule has 0 atom stereocenters. The van der Waals surface area contributed by atoms with Crippen molar-refractivity contribution in [1.82, 2.24) is 4.98 Å². The summed E-state index contributed by atoms with van der Waals surface area (Å²) < 4.78 is 29.4. The van der Waals surface area contributed by atoms with Crippen LogP contribution >= 0.6 is 11.3 Å². The number of ether oxygens (including phenoxy) is 5. The lowest BCUT2D eigenvalue weighted by Crippen LogP contribution is -2.13. The molecule has 4 rings (SSSR count). The van der Waals surface area contributed by atoms with E-state index in [9.17, 15) is 0 Å². The summed E-state index contributed by atoms with van der Waals surface area (Å²) in [5, 5.41) is 0.970. The Bertz CT molecular complexity index is 938. The smallest absolute Gasteiger partial charge is 0.161 e. The zero-order chi connectivity index (χ0) is 20.4. The minimum atomic E-state index is 0.442. The fourth-order valence-corrected chi connectivity index (χ4v) is 3.82. The maximum absolute atomic E-state index is 5.93. The molecule has 0 N–H and O–H groups in total. The standard InChI is InChI=1S/C23H25NO5S/c1-2-4-22-19(3-1)24-23(30-22)8-6-18-5-7-20-21(17-18)29-16-14-27-12-10-25-9-11-26-13-15-28-20/h1-8,17H,9-16H2/b8-6+. The molecule has 0 spiro atoms. The van der Waals surface area contributed by atoms with Crippen LogP contribution in [0.15, 0.2) is 42.5 Å². The molecular formula is C23H25NO5S. The SMILES string of the molecule is C(=C\c1nc2ccccc2s1)/c1ccc2c(c1)OCCOCCOCCOCCO2. The maximum atomic E-state index is 5.93. The molecule has 0 bridgehead atoms. The zero-order valence-electron chi connectivity index (χ0n) is 16.7. The first-order chi connectivity index (χ1) is 14.9. The first-order valence-electron chi connectivity index (χ1n) is 10.0. The Hall–Kier alpha value is -2.45. The van der Waals surface area contributed by atoms with E-state index in [1.807, 2.05) is 48.6 Å². The first kappa shape index (κ1) is 20.8. The summed E-state index contributed by atoms with van der Waals surface area (Å²) in [5.41, 5.74) is 2.03. The van der Waals surface area contributed by atoms with Crippen molar-refractivity contribution in [1.29, 1.82) is 0 Å². The molecule has 158 valence electrons. The van der Waals surface area contributed by atoms with Crippen molar-refractivity contribution in [3.8, 4) is 11.5 Å². The molecule has 3 aromatic rings. The normalized spacial score (nSPS) is 16.9. The molecule has 0 unspecified atom stereocenters. The van der Waals surface area contributed by atoms with E-state index in [1.165, 1.54) is 4.70 Å². The van der Waals surface area contributed by atoms with Crippen molar-refractivity contribution in [2.24, 2.45) is 0 Å². The highest BCUT2D eigenvalue weighted by Gasteiger charge is 2.08. The number of thiazole rings is 1. The Morgan fingerprint density at radius 1 is 0.700 bits per heavy atom. The largest absolute Gasteiger partial charge is 0.487 e. The predicted molar refractivity (Wildman–Crippen MR) is 118 cm³/mol. The molecule has 6 nitrogen and oxygen atoms in total. The summed E-state index contributed by atoms with van der Waals surface area (Å²) in [7, 11) is 0. The topological polar surface area (TPSA) is 59.0 Å². The third-order valence-corrected chi connectivity index (χ3v) is 5.41. The second-order valence-corrected chi connectivity index (χ2v) is 7.66. The lowest BCUT2D eigenvalue weighted by molar-refractivity contribution is 0.00708. The van der Waals surface area contributed by atoms with Gasteiger partial charge in [0, 0.05) is 0 Å². The van der Waals surface area contributed by atoms with Crippen LogP contribution in [-0.2, 0) is 14.2 Å². The van der Waals surface area contributed by atoms with Crippen LogP contribution in [0.1, 0.15) is 10.6 Å². The van der Waals surface area contributed by atoms with E-state index < -0.39 is 0 Å². The monoisotopic (exact) mass is 427 g/mol. The number of para-hydroxylation sites is 1. The molecule has 0 saturated carbocycles. The molecule has 2 heterocycles. The van der Waals surface area contributed by atoms with Crippen molar-refractivity contribution in [3.05, 3.63) is 53.0 Å². The van der Waals surface area contributed by atoms with Crippen molar-refractivity contribution in [2.45, 2.75) is 0 Å². The van der Waals surface area contributed by atoms with Gasteiger partial charge in [0.25, 0.3) is 0 Å². The minimum Gasteiger partial charge on any atom is -0.487 e. The van der Waals surface area contributed by atoms with Gasteiger partial charge in [-0.05, 0) is 35.9 Å². The van der Waals surface area contributed by atoms with Gasteiger partial charge in [0.15, 0.2) is 11.5 Å². The summed E-state index contributed by atoms with van der Waals surface area (Å²) >= 11 is 1.67. The average molecular weight is 428 g/mol. The Morgan fingerprint density at radius 3 is 2.10 bits per heavy atom. The molecule has 1 aromatic heterocycles. The molecule has 1 aliphatic heterocycles. The van der Waals surface area contributed by atoms with Gasteiger partial charge in [-0.2, -0.15) is 0 Å². The van der Waals surface area contributed by atoms with Crippen molar-refractivity contribution in [3.63, 3.8) is 0 Å². The number of nitrogens with zero attached hydrogens (tertiary/aromatic N) is 1. The van der Waals surface area contributed by atoms with Gasteiger partial charge in [0.2, 0.25) is 0 Å². The van der Waals surface area contributed by atoms with Crippen molar-refractivity contribution >= 4 is 33.7 Å². The molecule has 0 aliphatic carbocycles. The van der Waals surface area contributed by atoms with Crippen LogP contribution in [0.2, 0.25) is 0 Å². The quantitative estimate of drug-likeness (QED) is 0.608. The van der Waals surface area contributed by atoms with Gasteiger partial charge in [-0.3, -0.25) is 0 Å². The van der Waals surface area contributed by atoms with Crippen LogP contribution in [0, 0.1) is 0 Å². The second-order valence-electron chi connectivity index (χ2n) is 6.59. The van der Waals surface area contributed by atoms with Gasteiger partial charge >= 0.3 is 0 Å². The fourth-order valence-electron chi connectivity index (χ4n) is 2.95. The Balaban J connectivity index is 1.46. The van der Waals surface area contributed by atoms with Gasteiger partial charge in [0.1, 0.15) is 18.2 Å². The Kier molecular flexibility index (Phi) is 7.69. The van der Waals surface area contributed by atoms with Crippen LogP contribution in [0.4, 0.5) is 0 Å². The summed E-state index contributed by atoms with van der Waals surface area (Å²) in [6.45, 7) is 4.08. The lowest BCUT2D eigenvalue weighted by Gasteiger charge is -2.13. The number of aromatic nitrogens is 1. The number of benzene rings is 2. The molecule has 0 amide bonds. The Morgan fingerprint density at radius 2 is 1.37 bits per heavy atom. The minimum absolute atomic E-state index is 0.442. The highest BCUT2D eigenvalue weighted by Crippen LogP contribution is 2.30. The van der Waals surface area contributed by atoms with E-state index in [0.29, 0.717) is 64.4 Å². The third-order valence-electron chi connectivity index (χ3n) is 4.41. The van der Waals surface area contributed by atoms with E-state index in [0.717, 1.165) is 16.1 Å². The van der Waals surface area contributed by atoms with Crippen LogP contribution in [0.25, 0.3) is 22.4 Å². The van der Waals surface area contributed by atoms with Gasteiger partial charge in [0.05, 0.1) is 49.9 Å². The van der Waals surface area contributed by atoms with Gasteiger partial charge in [-0.15, -0.1) is 11.3 Å². The summed E-state index contributed by atoms with van der Waals surface area (Å²) in [6.07, 6.45) is 4.06. The van der Waals surface area contributed by atoms with E-state index in [2.05, 4.69) is 11.1 Å². The molecule has 0 fully saturated rings. The van der Waals surface area contributed by atoms with Crippen LogP contribution in [0.5, 0.6) is 11.5 Å². The number of hydrogen-bond acceptors (Lipinski definition) is 7. The molecule has 30 heavy (non-hydrogen) atoms. The predicted octanol–water partition coefficient (Wildman–Crippen LogP) is 4.29. The number of fused-ring (bicyclic) bond motifs is 2. The lowest BCUT2D eigenvalue weighted by atomic mass is 10.2. The molecule has 0 radical (unpaired) electrons. The molecule has 1 aliphatic rings. The van der Waals surface area contributed by atoms with Crippen molar-refractivity contribution < 1.29 is 23.7 Å². The van der Waals surface area contributed by atoms with Crippen LogP contribution < -0.4 is 9.47 Å². The molecule has 0 saturated heterocycles. The highest BCUT2D eigenvalue weighted by atomic mass is 32.1. The zero-order valence-corrected chi connectivity index (χ0v) is 17.6. The van der Waals surface area contributed by atoms with E-state index in [-0.39, 0.29) is 0 Å². The van der Waals surface area contributed by atoms with Gasteiger partial charge in [-0.1, -0.05) is 24.3 Å². The first-order valence-corrected chi connectivity index (χ1v) is 10.9. The van der Waals surface area contributed by atoms with Gasteiger partial charge in [-0.25, -0.2) is 4.98 Å². The number of hydrogen-bond donors (Lipinski definition) is 0. The van der Waals surface area contributed by atoms with E-state index in [1.54, 1.807) is 11.3 Å². The summed E-state index contributed by atoms with van der Waals surface area (Å²) in [6, 6.07) is 14.1. The Labute approximate surface area is 180 Å². The van der Waals surface area contributed by atoms with E-state index >= 15 is 0 Å². The summed E-state index contributed by atoms with van der Waals surface area (Å²) in [5.74, 6) is 1.39. The maximum Gasteiger partial charge on any atom is 0.161 e. The highest BCUT2D eigenvalue weighted by molar-refractivity contribution is 7.19. The van der Waals surface area contributed by atoms with Crippen molar-refractivity contribution in [2.75, 3.05) is 52.9 Å². The fraction of sp³-hybridized carbons (Fsp3) is 0.348. The summed E-state index contributed by atoms with van der Waals surface area (Å²) in [4.78, 5) is 4.64. The van der Waals surface area contributed by atoms with Crippen LogP contribution in [-0.4, -0.2) is 57.8 Å². The van der Waals surface area contributed by atoms with E-state index in [4.69, 9.17) is 23.7 Å². The molecular weight excluding hydrogens is 402 g/mol. The molecule has 7 heteroatoms. The van der Waals surface area contributed by atoms with Gasteiger partial charge < -0.3 is 23.7 Å². The third kappa shape index (κ3) is 6.03.